The maximum atomic E-state index is 16.3. The molecule has 0 radical (unpaired) electrons. The summed E-state index contributed by atoms with van der Waals surface area (Å²) in [7, 11) is -2.57. The van der Waals surface area contributed by atoms with Crippen molar-refractivity contribution in [2.24, 2.45) is 0 Å². The number of anilines is 1. The summed E-state index contributed by atoms with van der Waals surface area (Å²) in [6.45, 7) is 17.2. The maximum Gasteiger partial charge on any atom is 0.443 e. The highest BCUT2D eigenvalue weighted by Gasteiger charge is 2.45. The number of benzene rings is 2. The van der Waals surface area contributed by atoms with Crippen LogP contribution in [0.4, 0.5) is 23.2 Å². The third kappa shape index (κ3) is 8.04. The third-order valence-electron chi connectivity index (χ3n) is 8.86. The highest BCUT2D eigenvalue weighted by atomic mass is 32.1. The first-order valence-corrected chi connectivity index (χ1v) is 25.0. The van der Waals surface area contributed by atoms with E-state index in [9.17, 15) is 18.0 Å². The number of thiazole rings is 1. The van der Waals surface area contributed by atoms with Crippen molar-refractivity contribution in [2.45, 2.75) is 84.0 Å². The van der Waals surface area contributed by atoms with Crippen molar-refractivity contribution in [1.82, 2.24) is 24.3 Å². The van der Waals surface area contributed by atoms with Crippen LogP contribution in [0, 0.1) is 12.7 Å². The molecule has 9 nitrogen and oxygen atoms in total. The predicted molar refractivity (Wildman–Crippen MR) is 196 cm³/mol. The van der Waals surface area contributed by atoms with E-state index in [4.69, 9.17) is 9.47 Å². The van der Waals surface area contributed by atoms with Crippen LogP contribution in [0.3, 0.4) is 0 Å². The highest BCUT2D eigenvalue weighted by Crippen LogP contribution is 2.45. The molecule has 0 spiro atoms. The van der Waals surface area contributed by atoms with Gasteiger partial charge in [-0.1, -0.05) is 51.4 Å². The normalized spacial score (nSPS) is 15.4. The fourth-order valence-corrected chi connectivity index (χ4v) is 8.12. The molecule has 0 fully saturated rings. The van der Waals surface area contributed by atoms with E-state index in [-0.39, 0.29) is 29.2 Å². The molecule has 1 unspecified atom stereocenters. The van der Waals surface area contributed by atoms with Gasteiger partial charge in [-0.2, -0.15) is 18.3 Å². The van der Waals surface area contributed by atoms with Crippen LogP contribution in [-0.4, -0.2) is 59.6 Å². The Bertz CT molecular complexity index is 2060. The third-order valence-corrected chi connectivity index (χ3v) is 13.2. The number of nitrogens with zero attached hydrogens (tertiary/aromatic N) is 6. The molecule has 0 saturated carbocycles. The predicted octanol–water partition coefficient (Wildman–Crippen LogP) is 9.20. The summed E-state index contributed by atoms with van der Waals surface area (Å²) < 4.78 is 71.4. The second kappa shape index (κ2) is 14.0. The number of hydrogen-bond acceptors (Lipinski definition) is 7. The van der Waals surface area contributed by atoms with E-state index in [0.717, 1.165) is 23.7 Å². The minimum absolute atomic E-state index is 0.0165. The first-order chi connectivity index (χ1) is 23.9. The van der Waals surface area contributed by atoms with Gasteiger partial charge >= 0.3 is 6.18 Å². The minimum Gasteiger partial charge on any atom is -0.361 e. The lowest BCUT2D eigenvalue weighted by Crippen LogP contribution is -2.30. The topological polar surface area (TPSA) is 87.3 Å². The number of rotatable bonds is 13. The lowest BCUT2D eigenvalue weighted by Gasteiger charge is -2.27. The summed E-state index contributed by atoms with van der Waals surface area (Å²) in [6.07, 6.45) is -2.91. The Balaban J connectivity index is 1.35. The van der Waals surface area contributed by atoms with Gasteiger partial charge in [-0.15, -0.1) is 11.3 Å². The van der Waals surface area contributed by atoms with Crippen LogP contribution in [-0.2, 0) is 29.1 Å². The van der Waals surface area contributed by atoms with Crippen molar-refractivity contribution in [3.8, 4) is 11.3 Å². The molecule has 16 heteroatoms. The van der Waals surface area contributed by atoms with E-state index in [1.807, 2.05) is 17.6 Å². The summed E-state index contributed by atoms with van der Waals surface area (Å²) in [5, 5.41) is 4.89. The standard InChI is InChI=1S/C35H42F4N6O3SSi2/c1-22-30-31(42-44(22)21-48-13-15-51(5,6)7)33(46)45(24-9-11-29-27(17-24)40-19-43(29)20-47-12-14-50(2,3)4)32(30)25-10-8-23(16-26(25)36)28-18-49-34(41-28)35(37,38)39/h8-11,16-19,32H,12-15,20-21H2,1-7H3. The number of hydrogen-bond donors (Lipinski definition) is 0. The molecule has 0 bridgehead atoms. The largest absolute Gasteiger partial charge is 0.443 e. The van der Waals surface area contributed by atoms with E-state index in [0.29, 0.717) is 53.7 Å². The van der Waals surface area contributed by atoms with E-state index in [1.54, 1.807) is 23.1 Å². The lowest BCUT2D eigenvalue weighted by atomic mass is 9.96. The molecule has 1 aliphatic rings. The molecule has 51 heavy (non-hydrogen) atoms. The Morgan fingerprint density at radius 2 is 1.63 bits per heavy atom. The lowest BCUT2D eigenvalue weighted by molar-refractivity contribution is -0.137. The SMILES string of the molecule is Cc1c2c(nn1COCC[Si](C)(C)C)C(=O)N(c1ccc3c(c1)ncn3COCC[Si](C)(C)C)C2c1ccc(-c2csc(C(F)(F)F)n2)cc1F. The van der Waals surface area contributed by atoms with Crippen LogP contribution < -0.4 is 4.90 Å². The molecule has 2 aromatic carbocycles. The fourth-order valence-electron chi connectivity index (χ4n) is 5.91. The number of carbonyl (C=O) groups excluding carboxylic acids is 1. The van der Waals surface area contributed by atoms with Crippen molar-refractivity contribution < 1.29 is 31.8 Å². The Kier molecular flexibility index (Phi) is 10.2. The number of carbonyl (C=O) groups is 1. The Labute approximate surface area is 300 Å². The average Bonchev–Trinajstić information content (AvgIpc) is 3.81. The van der Waals surface area contributed by atoms with Gasteiger partial charge in [-0.05, 0) is 43.3 Å². The van der Waals surface area contributed by atoms with E-state index in [2.05, 4.69) is 54.3 Å². The molecule has 6 rings (SSSR count). The monoisotopic (exact) mass is 758 g/mol. The molecule has 272 valence electrons. The van der Waals surface area contributed by atoms with Gasteiger partial charge in [0.1, 0.15) is 19.3 Å². The van der Waals surface area contributed by atoms with Crippen molar-refractivity contribution in [3.63, 3.8) is 0 Å². The Hall–Kier alpha value is -3.71. The number of amides is 1. The summed E-state index contributed by atoms with van der Waals surface area (Å²) in [5.74, 6) is -1.10. The summed E-state index contributed by atoms with van der Waals surface area (Å²) >= 11 is 0.452. The smallest absolute Gasteiger partial charge is 0.361 e. The second-order valence-corrected chi connectivity index (χ2v) is 27.4. The molecular formula is C35H42F4N6O3SSi2. The van der Waals surface area contributed by atoms with Gasteiger partial charge in [-0.3, -0.25) is 9.69 Å². The Morgan fingerprint density at radius 3 is 2.25 bits per heavy atom. The summed E-state index contributed by atoms with van der Waals surface area (Å²) in [4.78, 5) is 24.0. The maximum absolute atomic E-state index is 16.3. The number of aromatic nitrogens is 5. The number of ether oxygens (including phenoxy) is 2. The van der Waals surface area contributed by atoms with Crippen molar-refractivity contribution >= 4 is 50.1 Å². The van der Waals surface area contributed by atoms with Gasteiger partial charge in [-0.25, -0.2) is 19.0 Å². The van der Waals surface area contributed by atoms with Crippen LogP contribution >= 0.6 is 11.3 Å². The number of imidazole rings is 1. The van der Waals surface area contributed by atoms with Crippen molar-refractivity contribution in [1.29, 1.82) is 0 Å². The molecule has 4 heterocycles. The zero-order chi connectivity index (χ0) is 36.9. The molecule has 0 N–H and O–H groups in total. The molecule has 0 aliphatic carbocycles. The van der Waals surface area contributed by atoms with Gasteiger partial charge in [0, 0.05) is 62.8 Å². The molecule has 5 aromatic rings. The first-order valence-electron chi connectivity index (χ1n) is 16.7. The molecule has 1 aliphatic heterocycles. The van der Waals surface area contributed by atoms with Crippen molar-refractivity contribution in [2.75, 3.05) is 18.1 Å². The number of alkyl halides is 3. The fraction of sp³-hybridized carbons (Fsp3) is 0.429. The van der Waals surface area contributed by atoms with Gasteiger partial charge < -0.3 is 14.0 Å². The first kappa shape index (κ1) is 37.1. The molecule has 1 amide bonds. The van der Waals surface area contributed by atoms with Gasteiger partial charge in [0.2, 0.25) is 0 Å². The summed E-state index contributed by atoms with van der Waals surface area (Å²) in [5.41, 5.74) is 3.70. The highest BCUT2D eigenvalue weighted by molar-refractivity contribution is 7.10. The van der Waals surface area contributed by atoms with E-state index >= 15 is 4.39 Å². The molecule has 0 saturated heterocycles. The van der Waals surface area contributed by atoms with Crippen LogP contribution in [0.1, 0.15) is 38.4 Å². The van der Waals surface area contributed by atoms with Gasteiger partial charge in [0.05, 0.1) is 29.1 Å². The second-order valence-electron chi connectivity index (χ2n) is 15.3. The van der Waals surface area contributed by atoms with E-state index < -0.39 is 45.1 Å². The van der Waals surface area contributed by atoms with Crippen LogP contribution in [0.15, 0.2) is 48.1 Å². The quantitative estimate of drug-likeness (QED) is 0.0677. The number of halogens is 4. The number of fused-ring (bicyclic) bond motifs is 2. The Morgan fingerprint density at radius 1 is 0.941 bits per heavy atom. The molecular weight excluding hydrogens is 717 g/mol. The molecule has 1 atom stereocenters. The van der Waals surface area contributed by atoms with Crippen LogP contribution in [0.25, 0.3) is 22.3 Å². The van der Waals surface area contributed by atoms with Crippen LogP contribution in [0.5, 0.6) is 0 Å². The van der Waals surface area contributed by atoms with Crippen molar-refractivity contribution in [3.05, 3.63) is 81.4 Å². The molecule has 3 aromatic heterocycles. The average molecular weight is 759 g/mol. The zero-order valence-electron chi connectivity index (χ0n) is 29.8. The zero-order valence-corrected chi connectivity index (χ0v) is 32.6. The van der Waals surface area contributed by atoms with E-state index in [1.165, 1.54) is 22.4 Å². The van der Waals surface area contributed by atoms with Gasteiger partial charge in [0.25, 0.3) is 5.91 Å². The minimum atomic E-state index is -4.60. The van der Waals surface area contributed by atoms with Gasteiger partial charge in [0.15, 0.2) is 10.7 Å². The van der Waals surface area contributed by atoms with Crippen LogP contribution in [0.2, 0.25) is 51.4 Å². The summed E-state index contributed by atoms with van der Waals surface area (Å²) in [6, 6.07) is 10.7.